The lowest BCUT2D eigenvalue weighted by molar-refractivity contribution is 0.129. The van der Waals surface area contributed by atoms with Gasteiger partial charge in [0.2, 0.25) is 0 Å². The van der Waals surface area contributed by atoms with E-state index in [-0.39, 0.29) is 0 Å². The molecule has 2 saturated heterocycles. The summed E-state index contributed by atoms with van der Waals surface area (Å²) in [5, 5.41) is 3.54. The largest absolute Gasteiger partial charge is 0.490 e. The highest BCUT2D eigenvalue weighted by molar-refractivity contribution is 5.79. The second-order valence-corrected chi connectivity index (χ2v) is 6.99. The molecular formula is C20H32N4O. The topological polar surface area (TPSA) is 40.1 Å². The minimum absolute atomic E-state index is 0.312. The van der Waals surface area contributed by atoms with E-state index in [2.05, 4.69) is 20.1 Å². The summed E-state index contributed by atoms with van der Waals surface area (Å²) in [4.78, 5) is 9.40. The van der Waals surface area contributed by atoms with Gasteiger partial charge in [0.1, 0.15) is 11.9 Å². The van der Waals surface area contributed by atoms with Gasteiger partial charge in [-0.05, 0) is 51.0 Å². The standard InChI is InChI=1S/C20H32N4O/c1-21-20(22-12-7-15-23-13-5-6-14-23)24-16-10-19(11-17-24)25-18-8-3-2-4-9-18/h2-4,8-9,19H,5-7,10-17H2,1H3,(H,21,22). The third-order valence-electron chi connectivity index (χ3n) is 5.13. The smallest absolute Gasteiger partial charge is 0.193 e. The van der Waals surface area contributed by atoms with E-state index >= 15 is 0 Å². The molecule has 2 fully saturated rings. The summed E-state index contributed by atoms with van der Waals surface area (Å²) in [5.74, 6) is 2.02. The van der Waals surface area contributed by atoms with E-state index in [9.17, 15) is 0 Å². The van der Waals surface area contributed by atoms with Gasteiger partial charge in [0.15, 0.2) is 5.96 Å². The van der Waals surface area contributed by atoms with Gasteiger partial charge in [0.25, 0.3) is 0 Å². The molecule has 0 bridgehead atoms. The van der Waals surface area contributed by atoms with Crippen LogP contribution in [0.4, 0.5) is 0 Å². The Hall–Kier alpha value is -1.75. The molecule has 5 nitrogen and oxygen atoms in total. The third-order valence-corrected chi connectivity index (χ3v) is 5.13. The molecule has 5 heteroatoms. The van der Waals surface area contributed by atoms with E-state index in [0.29, 0.717) is 6.10 Å². The lowest BCUT2D eigenvalue weighted by atomic mass is 10.1. The Morgan fingerprint density at radius 3 is 2.52 bits per heavy atom. The maximum atomic E-state index is 6.08. The van der Waals surface area contributed by atoms with E-state index in [0.717, 1.165) is 44.2 Å². The number of nitrogens with one attached hydrogen (secondary N) is 1. The molecule has 2 aliphatic heterocycles. The zero-order valence-electron chi connectivity index (χ0n) is 15.5. The first kappa shape index (κ1) is 18.1. The summed E-state index contributed by atoms with van der Waals surface area (Å²) >= 11 is 0. The van der Waals surface area contributed by atoms with Crippen molar-refractivity contribution in [2.24, 2.45) is 4.99 Å². The van der Waals surface area contributed by atoms with Crippen LogP contribution in [0.15, 0.2) is 35.3 Å². The number of likely N-dealkylation sites (tertiary alicyclic amines) is 2. The minimum atomic E-state index is 0.312. The predicted molar refractivity (Wildman–Crippen MR) is 103 cm³/mol. The van der Waals surface area contributed by atoms with Crippen LogP contribution in [0.3, 0.4) is 0 Å². The number of rotatable bonds is 6. The van der Waals surface area contributed by atoms with Crippen molar-refractivity contribution >= 4 is 5.96 Å². The van der Waals surface area contributed by atoms with E-state index in [1.807, 2.05) is 37.4 Å². The van der Waals surface area contributed by atoms with Crippen molar-refractivity contribution in [3.8, 4) is 5.75 Å². The van der Waals surface area contributed by atoms with Crippen molar-refractivity contribution in [1.82, 2.24) is 15.1 Å². The maximum absolute atomic E-state index is 6.08. The molecule has 2 aliphatic rings. The molecular weight excluding hydrogens is 312 g/mol. The zero-order valence-corrected chi connectivity index (χ0v) is 15.5. The quantitative estimate of drug-likeness (QED) is 0.489. The molecule has 0 atom stereocenters. The van der Waals surface area contributed by atoms with Crippen molar-refractivity contribution in [2.45, 2.75) is 38.2 Å². The Balaban J connectivity index is 1.35. The molecule has 1 N–H and O–H groups in total. The molecule has 0 aromatic heterocycles. The first-order valence-electron chi connectivity index (χ1n) is 9.75. The fourth-order valence-electron chi connectivity index (χ4n) is 3.72. The normalized spacial score (nSPS) is 20.0. The summed E-state index contributed by atoms with van der Waals surface area (Å²) in [6.45, 7) is 6.78. The van der Waals surface area contributed by atoms with Gasteiger partial charge in [0, 0.05) is 39.5 Å². The van der Waals surface area contributed by atoms with Crippen LogP contribution in [0.2, 0.25) is 0 Å². The first-order chi connectivity index (χ1) is 12.3. The first-order valence-corrected chi connectivity index (χ1v) is 9.75. The number of guanidine groups is 1. The number of hydrogen-bond acceptors (Lipinski definition) is 3. The van der Waals surface area contributed by atoms with Crippen LogP contribution in [-0.2, 0) is 0 Å². The van der Waals surface area contributed by atoms with E-state index in [1.165, 1.54) is 38.9 Å². The highest BCUT2D eigenvalue weighted by Gasteiger charge is 2.22. The molecule has 138 valence electrons. The summed E-state index contributed by atoms with van der Waals surface area (Å²) < 4.78 is 6.08. The van der Waals surface area contributed by atoms with E-state index in [1.54, 1.807) is 0 Å². The van der Waals surface area contributed by atoms with Gasteiger partial charge in [-0.25, -0.2) is 0 Å². The highest BCUT2D eigenvalue weighted by atomic mass is 16.5. The van der Waals surface area contributed by atoms with Crippen molar-refractivity contribution in [1.29, 1.82) is 0 Å². The number of hydrogen-bond donors (Lipinski definition) is 1. The second kappa shape index (κ2) is 9.66. The number of para-hydroxylation sites is 1. The maximum Gasteiger partial charge on any atom is 0.193 e. The van der Waals surface area contributed by atoms with Gasteiger partial charge in [0.05, 0.1) is 0 Å². The molecule has 0 aliphatic carbocycles. The van der Waals surface area contributed by atoms with Crippen LogP contribution >= 0.6 is 0 Å². The molecule has 0 radical (unpaired) electrons. The number of piperidine rings is 1. The SMILES string of the molecule is CN=C(NCCCN1CCCC1)N1CCC(Oc2ccccc2)CC1. The Bertz CT molecular complexity index is 520. The average molecular weight is 345 g/mol. The molecule has 0 amide bonds. The zero-order chi connectivity index (χ0) is 17.3. The van der Waals surface area contributed by atoms with Gasteiger partial charge >= 0.3 is 0 Å². The van der Waals surface area contributed by atoms with Crippen molar-refractivity contribution in [2.75, 3.05) is 46.3 Å². The summed E-state index contributed by atoms with van der Waals surface area (Å²) in [5.41, 5.74) is 0. The summed E-state index contributed by atoms with van der Waals surface area (Å²) in [6.07, 6.45) is 6.33. The second-order valence-electron chi connectivity index (χ2n) is 6.99. The predicted octanol–water partition coefficient (Wildman–Crippen LogP) is 2.59. The van der Waals surface area contributed by atoms with Gasteiger partial charge in [-0.3, -0.25) is 4.99 Å². The van der Waals surface area contributed by atoms with Crippen LogP contribution in [0, 0.1) is 0 Å². The van der Waals surface area contributed by atoms with Crippen LogP contribution in [-0.4, -0.2) is 68.2 Å². The Labute approximate surface area is 152 Å². The van der Waals surface area contributed by atoms with Crippen molar-refractivity contribution in [3.63, 3.8) is 0 Å². The monoisotopic (exact) mass is 344 g/mol. The number of aliphatic imine (C=N–C) groups is 1. The van der Waals surface area contributed by atoms with Crippen molar-refractivity contribution in [3.05, 3.63) is 30.3 Å². The van der Waals surface area contributed by atoms with Crippen LogP contribution in [0.25, 0.3) is 0 Å². The Kier molecular flexibility index (Phi) is 6.98. The molecule has 1 aromatic rings. The van der Waals surface area contributed by atoms with Gasteiger partial charge < -0.3 is 19.9 Å². The highest BCUT2D eigenvalue weighted by Crippen LogP contribution is 2.18. The lowest BCUT2D eigenvalue weighted by Gasteiger charge is -2.34. The molecule has 0 saturated carbocycles. The minimum Gasteiger partial charge on any atom is -0.490 e. The van der Waals surface area contributed by atoms with E-state index in [4.69, 9.17) is 4.74 Å². The summed E-state index contributed by atoms with van der Waals surface area (Å²) in [6, 6.07) is 10.1. The Morgan fingerprint density at radius 1 is 1.12 bits per heavy atom. The number of ether oxygens (including phenoxy) is 1. The van der Waals surface area contributed by atoms with Gasteiger partial charge in [-0.2, -0.15) is 0 Å². The molecule has 0 spiro atoms. The van der Waals surface area contributed by atoms with Crippen LogP contribution in [0.5, 0.6) is 5.75 Å². The molecule has 2 heterocycles. The van der Waals surface area contributed by atoms with E-state index < -0.39 is 0 Å². The van der Waals surface area contributed by atoms with Gasteiger partial charge in [-0.1, -0.05) is 18.2 Å². The van der Waals surface area contributed by atoms with Crippen LogP contribution in [0.1, 0.15) is 32.1 Å². The lowest BCUT2D eigenvalue weighted by Crippen LogP contribution is -2.47. The van der Waals surface area contributed by atoms with Crippen molar-refractivity contribution < 1.29 is 4.74 Å². The molecule has 0 unspecified atom stereocenters. The number of benzene rings is 1. The fraction of sp³-hybridized carbons (Fsp3) is 0.650. The average Bonchev–Trinajstić information content (AvgIpc) is 3.17. The molecule has 1 aromatic carbocycles. The van der Waals surface area contributed by atoms with Crippen LogP contribution < -0.4 is 10.1 Å². The fourth-order valence-corrected chi connectivity index (χ4v) is 3.72. The van der Waals surface area contributed by atoms with Gasteiger partial charge in [-0.15, -0.1) is 0 Å². The number of nitrogens with zero attached hydrogens (tertiary/aromatic N) is 3. The molecule has 3 rings (SSSR count). The summed E-state index contributed by atoms with van der Waals surface area (Å²) in [7, 11) is 1.88. The molecule has 25 heavy (non-hydrogen) atoms. The third kappa shape index (κ3) is 5.63. The Morgan fingerprint density at radius 2 is 1.84 bits per heavy atom.